The normalized spacial score (nSPS) is 11.7. The number of hydrogen-bond donors (Lipinski definition) is 2. The van der Waals surface area contributed by atoms with Crippen molar-refractivity contribution in [3.63, 3.8) is 0 Å². The molecule has 1 aromatic rings. The van der Waals surface area contributed by atoms with Crippen LogP contribution in [0.5, 0.6) is 0 Å². The lowest BCUT2D eigenvalue weighted by molar-refractivity contribution is 0.196. The van der Waals surface area contributed by atoms with Crippen molar-refractivity contribution in [2.75, 3.05) is 26.8 Å². The lowest BCUT2D eigenvalue weighted by Gasteiger charge is -2.11. The van der Waals surface area contributed by atoms with Crippen LogP contribution in [-0.2, 0) is 21.3 Å². The molecule has 19 heavy (non-hydrogen) atoms. The Morgan fingerprint density at radius 3 is 2.68 bits per heavy atom. The standard InChI is InChI=1S/C13H22N2O3S/c1-3-14-11-12-7-4-5-8-13(12)19(16,17)15-9-6-10-18-2/h4-5,7-8,14-15H,3,6,9-11H2,1-2H3. The average molecular weight is 286 g/mol. The molecule has 2 N–H and O–H groups in total. The quantitative estimate of drug-likeness (QED) is 0.667. The maximum Gasteiger partial charge on any atom is 0.240 e. The number of nitrogens with one attached hydrogen (secondary N) is 2. The highest BCUT2D eigenvalue weighted by Crippen LogP contribution is 2.15. The molecule has 0 aliphatic carbocycles. The van der Waals surface area contributed by atoms with E-state index in [4.69, 9.17) is 4.74 Å². The van der Waals surface area contributed by atoms with Crippen LogP contribution in [0.2, 0.25) is 0 Å². The molecule has 0 heterocycles. The molecule has 0 amide bonds. The van der Waals surface area contributed by atoms with Gasteiger partial charge in [0.15, 0.2) is 0 Å². The molecular weight excluding hydrogens is 264 g/mol. The van der Waals surface area contributed by atoms with Crippen LogP contribution >= 0.6 is 0 Å². The lowest BCUT2D eigenvalue weighted by atomic mass is 10.2. The van der Waals surface area contributed by atoms with E-state index in [0.29, 0.717) is 31.0 Å². The van der Waals surface area contributed by atoms with Gasteiger partial charge in [-0.2, -0.15) is 0 Å². The molecule has 0 atom stereocenters. The zero-order chi connectivity index (χ0) is 14.1. The van der Waals surface area contributed by atoms with Gasteiger partial charge in [-0.3, -0.25) is 0 Å². The van der Waals surface area contributed by atoms with Gasteiger partial charge in [0.1, 0.15) is 0 Å². The first-order valence-electron chi connectivity index (χ1n) is 6.39. The third kappa shape index (κ3) is 5.28. The number of benzene rings is 1. The van der Waals surface area contributed by atoms with Crippen molar-refractivity contribution < 1.29 is 13.2 Å². The first kappa shape index (κ1) is 16.1. The van der Waals surface area contributed by atoms with E-state index in [0.717, 1.165) is 12.1 Å². The van der Waals surface area contributed by atoms with Crippen LogP contribution in [0, 0.1) is 0 Å². The SMILES string of the molecule is CCNCc1ccccc1S(=O)(=O)NCCCOC. The van der Waals surface area contributed by atoms with E-state index < -0.39 is 10.0 Å². The fourth-order valence-electron chi connectivity index (χ4n) is 1.67. The highest BCUT2D eigenvalue weighted by atomic mass is 32.2. The minimum atomic E-state index is -3.45. The van der Waals surface area contributed by atoms with Crippen LogP contribution in [-0.4, -0.2) is 35.2 Å². The van der Waals surface area contributed by atoms with Gasteiger partial charge in [-0.15, -0.1) is 0 Å². The Balaban J connectivity index is 2.76. The van der Waals surface area contributed by atoms with Crippen molar-refractivity contribution in [2.45, 2.75) is 24.8 Å². The lowest BCUT2D eigenvalue weighted by Crippen LogP contribution is -2.27. The number of ether oxygens (including phenoxy) is 1. The molecular formula is C13H22N2O3S. The van der Waals surface area contributed by atoms with Gasteiger partial charge in [-0.05, 0) is 24.6 Å². The number of hydrogen-bond acceptors (Lipinski definition) is 4. The second-order valence-electron chi connectivity index (χ2n) is 4.13. The molecule has 0 radical (unpaired) electrons. The van der Waals surface area contributed by atoms with Crippen LogP contribution in [0.25, 0.3) is 0 Å². The van der Waals surface area contributed by atoms with Crippen LogP contribution in [0.3, 0.4) is 0 Å². The smallest absolute Gasteiger partial charge is 0.240 e. The molecule has 1 aromatic carbocycles. The average Bonchev–Trinajstić information content (AvgIpc) is 2.41. The number of rotatable bonds is 9. The predicted octanol–water partition coefficient (Wildman–Crippen LogP) is 1.11. The van der Waals surface area contributed by atoms with Crippen LogP contribution in [0.1, 0.15) is 18.9 Å². The van der Waals surface area contributed by atoms with E-state index in [2.05, 4.69) is 10.0 Å². The Morgan fingerprint density at radius 2 is 2.00 bits per heavy atom. The highest BCUT2D eigenvalue weighted by molar-refractivity contribution is 7.89. The monoisotopic (exact) mass is 286 g/mol. The Hall–Kier alpha value is -0.950. The summed E-state index contributed by atoms with van der Waals surface area (Å²) < 4.78 is 31.9. The van der Waals surface area contributed by atoms with Gasteiger partial charge in [-0.25, -0.2) is 13.1 Å². The van der Waals surface area contributed by atoms with Gasteiger partial charge < -0.3 is 10.1 Å². The van der Waals surface area contributed by atoms with Gasteiger partial charge in [0, 0.05) is 26.8 Å². The van der Waals surface area contributed by atoms with Gasteiger partial charge in [0.05, 0.1) is 4.90 Å². The maximum absolute atomic E-state index is 12.2. The predicted molar refractivity (Wildman–Crippen MR) is 75.5 cm³/mol. The first-order chi connectivity index (χ1) is 9.11. The largest absolute Gasteiger partial charge is 0.385 e. The van der Waals surface area contributed by atoms with Crippen molar-refractivity contribution in [3.8, 4) is 0 Å². The van der Waals surface area contributed by atoms with Crippen molar-refractivity contribution in [2.24, 2.45) is 0 Å². The highest BCUT2D eigenvalue weighted by Gasteiger charge is 2.16. The molecule has 0 aliphatic heterocycles. The summed E-state index contributed by atoms with van der Waals surface area (Å²) in [4.78, 5) is 0.341. The van der Waals surface area contributed by atoms with E-state index in [1.54, 1.807) is 19.2 Å². The van der Waals surface area contributed by atoms with Crippen molar-refractivity contribution in [3.05, 3.63) is 29.8 Å². The summed E-state index contributed by atoms with van der Waals surface area (Å²) >= 11 is 0. The third-order valence-electron chi connectivity index (χ3n) is 2.64. The summed E-state index contributed by atoms with van der Waals surface area (Å²) in [5.41, 5.74) is 0.781. The second kappa shape index (κ2) is 8.27. The Kier molecular flexibility index (Phi) is 7.01. The Bertz CT molecular complexity index is 475. The summed E-state index contributed by atoms with van der Waals surface area (Å²) in [6, 6.07) is 7.04. The molecule has 1 rings (SSSR count). The molecule has 108 valence electrons. The van der Waals surface area contributed by atoms with Gasteiger partial charge >= 0.3 is 0 Å². The van der Waals surface area contributed by atoms with Crippen LogP contribution < -0.4 is 10.0 Å². The van der Waals surface area contributed by atoms with E-state index in [9.17, 15) is 8.42 Å². The van der Waals surface area contributed by atoms with Gasteiger partial charge in [-0.1, -0.05) is 25.1 Å². The van der Waals surface area contributed by atoms with Crippen molar-refractivity contribution in [1.82, 2.24) is 10.0 Å². The fourth-order valence-corrected chi connectivity index (χ4v) is 2.98. The molecule has 5 nitrogen and oxygen atoms in total. The van der Waals surface area contributed by atoms with E-state index >= 15 is 0 Å². The van der Waals surface area contributed by atoms with Gasteiger partial charge in [0.2, 0.25) is 10.0 Å². The summed E-state index contributed by atoms with van der Waals surface area (Å²) in [5.74, 6) is 0. The van der Waals surface area contributed by atoms with Crippen LogP contribution in [0.15, 0.2) is 29.2 Å². The zero-order valence-electron chi connectivity index (χ0n) is 11.5. The second-order valence-corrected chi connectivity index (χ2v) is 5.87. The van der Waals surface area contributed by atoms with Gasteiger partial charge in [0.25, 0.3) is 0 Å². The minimum absolute atomic E-state index is 0.341. The van der Waals surface area contributed by atoms with Crippen molar-refractivity contribution >= 4 is 10.0 Å². The molecule has 0 fully saturated rings. The summed E-state index contributed by atoms with van der Waals surface area (Å²) in [6.07, 6.45) is 0.658. The molecule has 0 aliphatic rings. The van der Waals surface area contributed by atoms with E-state index in [1.165, 1.54) is 0 Å². The minimum Gasteiger partial charge on any atom is -0.385 e. The summed E-state index contributed by atoms with van der Waals surface area (Å²) in [6.45, 7) is 4.26. The maximum atomic E-state index is 12.2. The molecule has 0 unspecified atom stereocenters. The number of sulfonamides is 1. The summed E-state index contributed by atoms with van der Waals surface area (Å²) in [7, 11) is -1.85. The van der Waals surface area contributed by atoms with Crippen LogP contribution in [0.4, 0.5) is 0 Å². The zero-order valence-corrected chi connectivity index (χ0v) is 12.3. The summed E-state index contributed by atoms with van der Waals surface area (Å²) in [5, 5.41) is 3.14. The molecule has 0 saturated heterocycles. The Morgan fingerprint density at radius 1 is 1.26 bits per heavy atom. The fraction of sp³-hybridized carbons (Fsp3) is 0.538. The molecule has 0 saturated carbocycles. The molecule has 0 spiro atoms. The molecule has 6 heteroatoms. The molecule has 0 aromatic heterocycles. The van der Waals surface area contributed by atoms with Crippen molar-refractivity contribution in [1.29, 1.82) is 0 Å². The topological polar surface area (TPSA) is 67.4 Å². The van der Waals surface area contributed by atoms with E-state index in [1.807, 2.05) is 19.1 Å². The molecule has 0 bridgehead atoms. The van der Waals surface area contributed by atoms with E-state index in [-0.39, 0.29) is 0 Å². The number of methoxy groups -OCH3 is 1. The first-order valence-corrected chi connectivity index (χ1v) is 7.87. The third-order valence-corrected chi connectivity index (χ3v) is 4.21. The Labute approximate surface area is 115 Å².